The van der Waals surface area contributed by atoms with E-state index in [-0.39, 0.29) is 5.97 Å². The maximum absolute atomic E-state index is 11.2. The van der Waals surface area contributed by atoms with Crippen molar-refractivity contribution >= 4 is 5.97 Å². The van der Waals surface area contributed by atoms with Crippen molar-refractivity contribution in [1.29, 1.82) is 0 Å². The van der Waals surface area contributed by atoms with Crippen molar-refractivity contribution in [2.75, 3.05) is 26.2 Å². The van der Waals surface area contributed by atoms with Crippen LogP contribution >= 0.6 is 0 Å². The van der Waals surface area contributed by atoms with Crippen LogP contribution in [-0.2, 0) is 9.53 Å². The van der Waals surface area contributed by atoms with E-state index in [9.17, 15) is 4.79 Å². The van der Waals surface area contributed by atoms with Gasteiger partial charge in [-0.3, -0.25) is 9.69 Å². The van der Waals surface area contributed by atoms with Crippen molar-refractivity contribution in [1.82, 2.24) is 4.90 Å². The first-order chi connectivity index (χ1) is 6.33. The van der Waals surface area contributed by atoms with Gasteiger partial charge in [-0.25, -0.2) is 0 Å². The fraction of sp³-hybridized carbons (Fsp3) is 0.900. The lowest BCUT2D eigenvalue weighted by molar-refractivity contribution is -0.144. The van der Waals surface area contributed by atoms with Gasteiger partial charge in [0.2, 0.25) is 0 Å². The predicted molar refractivity (Wildman–Crippen MR) is 51.5 cm³/mol. The van der Waals surface area contributed by atoms with Crippen LogP contribution in [0.1, 0.15) is 32.6 Å². The van der Waals surface area contributed by atoms with Gasteiger partial charge >= 0.3 is 5.97 Å². The monoisotopic (exact) mass is 185 g/mol. The first-order valence-corrected chi connectivity index (χ1v) is 5.21. The van der Waals surface area contributed by atoms with Crippen molar-refractivity contribution in [2.45, 2.75) is 32.6 Å². The summed E-state index contributed by atoms with van der Waals surface area (Å²) in [5, 5.41) is 0. The number of hydrogen-bond donors (Lipinski definition) is 0. The van der Waals surface area contributed by atoms with Crippen molar-refractivity contribution in [3.05, 3.63) is 0 Å². The van der Waals surface area contributed by atoms with Crippen LogP contribution < -0.4 is 0 Å². The van der Waals surface area contributed by atoms with Crippen LogP contribution in [0.3, 0.4) is 0 Å². The van der Waals surface area contributed by atoms with Crippen molar-refractivity contribution in [3.63, 3.8) is 0 Å². The lowest BCUT2D eigenvalue weighted by Crippen LogP contribution is -2.28. The average molecular weight is 185 g/mol. The summed E-state index contributed by atoms with van der Waals surface area (Å²) in [4.78, 5) is 13.4. The molecule has 0 bridgehead atoms. The predicted octanol–water partition coefficient (Wildman–Crippen LogP) is 1.43. The first-order valence-electron chi connectivity index (χ1n) is 5.21. The molecule has 1 rings (SSSR count). The zero-order valence-corrected chi connectivity index (χ0v) is 8.42. The number of carbonyl (C=O) groups is 1. The number of unbranched alkanes of at least 4 members (excludes halogenated alkanes) is 1. The molecule has 0 atom stereocenters. The Kier molecular flexibility index (Phi) is 4.83. The highest BCUT2D eigenvalue weighted by Gasteiger charge is 2.15. The Balaban J connectivity index is 2.02. The zero-order valence-electron chi connectivity index (χ0n) is 8.42. The highest BCUT2D eigenvalue weighted by atomic mass is 16.5. The molecule has 3 heteroatoms. The van der Waals surface area contributed by atoms with Crippen LogP contribution in [0.4, 0.5) is 0 Å². The van der Waals surface area contributed by atoms with Gasteiger partial charge in [0.05, 0.1) is 13.2 Å². The summed E-state index contributed by atoms with van der Waals surface area (Å²) in [6.07, 6.45) is 4.51. The molecular formula is C10H19NO2. The Morgan fingerprint density at radius 2 is 2.08 bits per heavy atom. The topological polar surface area (TPSA) is 29.5 Å². The molecule has 0 amide bonds. The minimum atomic E-state index is -0.0599. The third-order valence-electron chi connectivity index (χ3n) is 2.31. The lowest BCUT2D eigenvalue weighted by atomic mass is 10.4. The van der Waals surface area contributed by atoms with E-state index < -0.39 is 0 Å². The zero-order chi connectivity index (χ0) is 9.52. The van der Waals surface area contributed by atoms with E-state index >= 15 is 0 Å². The summed E-state index contributed by atoms with van der Waals surface area (Å²) in [5.41, 5.74) is 0. The summed E-state index contributed by atoms with van der Waals surface area (Å²) in [6.45, 7) is 5.28. The molecule has 1 fully saturated rings. The Hall–Kier alpha value is -0.570. The molecule has 0 aromatic rings. The summed E-state index contributed by atoms with van der Waals surface area (Å²) in [5.74, 6) is -0.0599. The summed E-state index contributed by atoms with van der Waals surface area (Å²) in [6, 6.07) is 0. The van der Waals surface area contributed by atoms with Gasteiger partial charge < -0.3 is 4.74 Å². The molecule has 76 valence electrons. The van der Waals surface area contributed by atoms with Crippen LogP contribution in [0.15, 0.2) is 0 Å². The van der Waals surface area contributed by atoms with Crippen molar-refractivity contribution < 1.29 is 9.53 Å². The number of carbonyl (C=O) groups excluding carboxylic acids is 1. The fourth-order valence-electron chi connectivity index (χ4n) is 1.50. The summed E-state index contributed by atoms with van der Waals surface area (Å²) < 4.78 is 5.06. The van der Waals surface area contributed by atoms with Crippen LogP contribution in [0, 0.1) is 0 Å². The molecule has 1 heterocycles. The minimum absolute atomic E-state index is 0.0599. The number of rotatable bonds is 5. The molecule has 0 aromatic heterocycles. The molecule has 0 N–H and O–H groups in total. The molecule has 1 saturated heterocycles. The third-order valence-corrected chi connectivity index (χ3v) is 2.31. The molecule has 0 aromatic carbocycles. The minimum Gasteiger partial charge on any atom is -0.465 e. The number of esters is 1. The molecule has 0 spiro atoms. The second-order valence-electron chi connectivity index (χ2n) is 3.56. The summed E-state index contributed by atoms with van der Waals surface area (Å²) in [7, 11) is 0. The highest BCUT2D eigenvalue weighted by Crippen LogP contribution is 2.06. The van der Waals surface area contributed by atoms with Crippen LogP contribution in [0.5, 0.6) is 0 Å². The molecule has 0 aliphatic carbocycles. The van der Waals surface area contributed by atoms with E-state index in [4.69, 9.17) is 4.74 Å². The van der Waals surface area contributed by atoms with E-state index in [1.54, 1.807) is 0 Å². The van der Waals surface area contributed by atoms with Crippen LogP contribution in [0.2, 0.25) is 0 Å². The van der Waals surface area contributed by atoms with Crippen molar-refractivity contribution in [3.8, 4) is 0 Å². The van der Waals surface area contributed by atoms with Gasteiger partial charge in [0.15, 0.2) is 0 Å². The van der Waals surface area contributed by atoms with Gasteiger partial charge in [-0.2, -0.15) is 0 Å². The maximum Gasteiger partial charge on any atom is 0.320 e. The van der Waals surface area contributed by atoms with E-state index in [0.29, 0.717) is 13.2 Å². The molecule has 0 saturated carbocycles. The molecule has 0 radical (unpaired) electrons. The quantitative estimate of drug-likeness (QED) is 0.479. The number of ether oxygens (including phenoxy) is 1. The molecule has 1 aliphatic heterocycles. The van der Waals surface area contributed by atoms with Crippen LogP contribution in [0.25, 0.3) is 0 Å². The maximum atomic E-state index is 11.2. The SMILES string of the molecule is CCCCOC(=O)CN1CCCC1. The molecule has 1 aliphatic rings. The smallest absolute Gasteiger partial charge is 0.320 e. The molecule has 13 heavy (non-hydrogen) atoms. The Bertz CT molecular complexity index is 153. The van der Waals surface area contributed by atoms with Gasteiger partial charge in [-0.15, -0.1) is 0 Å². The average Bonchev–Trinajstić information content (AvgIpc) is 2.57. The number of hydrogen-bond acceptors (Lipinski definition) is 3. The van der Waals surface area contributed by atoms with Gasteiger partial charge in [-0.05, 0) is 32.4 Å². The van der Waals surface area contributed by atoms with Gasteiger partial charge in [0.25, 0.3) is 0 Å². The van der Waals surface area contributed by atoms with Crippen molar-refractivity contribution in [2.24, 2.45) is 0 Å². The van der Waals surface area contributed by atoms with Crippen LogP contribution in [-0.4, -0.2) is 37.1 Å². The molecule has 3 nitrogen and oxygen atoms in total. The highest BCUT2D eigenvalue weighted by molar-refractivity contribution is 5.71. The fourth-order valence-corrected chi connectivity index (χ4v) is 1.50. The van der Waals surface area contributed by atoms with Gasteiger partial charge in [-0.1, -0.05) is 13.3 Å². The molecule has 0 unspecified atom stereocenters. The third kappa shape index (κ3) is 4.27. The van der Waals surface area contributed by atoms with E-state index in [2.05, 4.69) is 11.8 Å². The standard InChI is InChI=1S/C10H19NO2/c1-2-3-8-13-10(12)9-11-6-4-5-7-11/h2-9H2,1H3. The normalized spacial score (nSPS) is 17.6. The van der Waals surface area contributed by atoms with E-state index in [1.165, 1.54) is 12.8 Å². The lowest BCUT2D eigenvalue weighted by Gasteiger charge is -2.13. The van der Waals surface area contributed by atoms with E-state index in [1.807, 2.05) is 0 Å². The number of likely N-dealkylation sites (tertiary alicyclic amines) is 1. The van der Waals surface area contributed by atoms with Gasteiger partial charge in [0, 0.05) is 0 Å². The summed E-state index contributed by atoms with van der Waals surface area (Å²) >= 11 is 0. The second-order valence-corrected chi connectivity index (χ2v) is 3.56. The van der Waals surface area contributed by atoms with E-state index in [0.717, 1.165) is 25.9 Å². The largest absolute Gasteiger partial charge is 0.465 e. The number of nitrogens with zero attached hydrogens (tertiary/aromatic N) is 1. The second kappa shape index (κ2) is 5.97. The Morgan fingerprint density at radius 3 is 2.69 bits per heavy atom. The Morgan fingerprint density at radius 1 is 1.38 bits per heavy atom. The first kappa shape index (κ1) is 10.5. The Labute approximate surface area is 80.1 Å². The van der Waals surface area contributed by atoms with Gasteiger partial charge in [0.1, 0.15) is 0 Å². The molecular weight excluding hydrogens is 166 g/mol.